The molecule has 1 aliphatic heterocycles. The Labute approximate surface area is 127 Å². The molecule has 0 radical (unpaired) electrons. The number of nitrogens with zero attached hydrogens (tertiary/aromatic N) is 1. The number of sulfonamides is 1. The van der Waals surface area contributed by atoms with E-state index in [1.807, 2.05) is 7.05 Å². The molecule has 0 amide bonds. The fraction of sp³-hybridized carbons (Fsp3) is 0.538. The van der Waals surface area contributed by atoms with Gasteiger partial charge in [0, 0.05) is 23.1 Å². The van der Waals surface area contributed by atoms with Gasteiger partial charge in [0.05, 0.1) is 0 Å². The number of nitrogens with one attached hydrogen (secondary N) is 1. The van der Waals surface area contributed by atoms with E-state index in [2.05, 4.69) is 28.2 Å². The average molecular weight is 365 g/mol. The molecule has 4 nitrogen and oxygen atoms in total. The predicted octanol–water partition coefficient (Wildman–Crippen LogP) is 2.35. The summed E-state index contributed by atoms with van der Waals surface area (Å²) >= 11 is 3.13. The second-order valence-electron chi connectivity index (χ2n) is 5.29. The zero-order chi connectivity index (χ0) is 15.0. The Morgan fingerprint density at radius 2 is 1.95 bits per heavy atom. The molecule has 0 aromatic heterocycles. The van der Waals surface area contributed by atoms with E-state index in [1.165, 1.54) is 22.5 Å². The first-order chi connectivity index (χ1) is 9.28. The van der Waals surface area contributed by atoms with Crippen LogP contribution in [0.2, 0.25) is 0 Å². The van der Waals surface area contributed by atoms with Gasteiger partial charge >= 0.3 is 0 Å². The van der Waals surface area contributed by atoms with Crippen LogP contribution in [0.4, 0.5) is 4.39 Å². The summed E-state index contributed by atoms with van der Waals surface area (Å²) in [5.74, 6) is -0.721. The number of benzene rings is 1. The van der Waals surface area contributed by atoms with Gasteiger partial charge in [-0.15, -0.1) is 0 Å². The van der Waals surface area contributed by atoms with E-state index in [4.69, 9.17) is 0 Å². The molecule has 0 unspecified atom stereocenters. The van der Waals surface area contributed by atoms with Crippen LogP contribution in [-0.4, -0.2) is 38.4 Å². The highest BCUT2D eigenvalue weighted by atomic mass is 79.9. The quantitative estimate of drug-likeness (QED) is 0.895. The predicted molar refractivity (Wildman–Crippen MR) is 79.6 cm³/mol. The molecule has 1 fully saturated rings. The van der Waals surface area contributed by atoms with Crippen molar-refractivity contribution in [1.29, 1.82) is 0 Å². The van der Waals surface area contributed by atoms with Crippen LogP contribution >= 0.6 is 15.9 Å². The van der Waals surface area contributed by atoms with Crippen LogP contribution in [0.15, 0.2) is 27.6 Å². The number of halogens is 2. The maximum Gasteiger partial charge on any atom is 0.245 e. The van der Waals surface area contributed by atoms with Crippen molar-refractivity contribution < 1.29 is 12.8 Å². The maximum atomic E-state index is 13.9. The van der Waals surface area contributed by atoms with E-state index >= 15 is 0 Å². The Kier molecular flexibility index (Phi) is 4.53. The van der Waals surface area contributed by atoms with Crippen molar-refractivity contribution in [2.24, 2.45) is 0 Å². The molecular weight excluding hydrogens is 347 g/mol. The zero-order valence-electron chi connectivity index (χ0n) is 11.5. The molecule has 1 heterocycles. The molecule has 1 aliphatic rings. The molecule has 1 N–H and O–H groups in total. The molecule has 0 aliphatic carbocycles. The Morgan fingerprint density at radius 1 is 1.35 bits per heavy atom. The number of hydrogen-bond acceptors (Lipinski definition) is 3. The van der Waals surface area contributed by atoms with Gasteiger partial charge in [0.25, 0.3) is 0 Å². The second-order valence-corrected chi connectivity index (χ2v) is 8.11. The summed E-state index contributed by atoms with van der Waals surface area (Å²) in [7, 11) is -1.88. The first-order valence-corrected chi connectivity index (χ1v) is 8.66. The largest absolute Gasteiger partial charge is 0.314 e. The van der Waals surface area contributed by atoms with Gasteiger partial charge < -0.3 is 5.32 Å². The van der Waals surface area contributed by atoms with Crippen molar-refractivity contribution in [3.63, 3.8) is 0 Å². The highest BCUT2D eigenvalue weighted by molar-refractivity contribution is 9.10. The van der Waals surface area contributed by atoms with Crippen LogP contribution < -0.4 is 5.32 Å². The van der Waals surface area contributed by atoms with E-state index < -0.39 is 15.8 Å². The Hall–Kier alpha value is -0.500. The Morgan fingerprint density at radius 3 is 2.45 bits per heavy atom. The molecule has 0 bridgehead atoms. The Bertz CT molecular complexity index is 598. The fourth-order valence-corrected chi connectivity index (χ4v) is 4.11. The van der Waals surface area contributed by atoms with Gasteiger partial charge in [-0.25, -0.2) is 12.8 Å². The van der Waals surface area contributed by atoms with Crippen LogP contribution in [0, 0.1) is 5.82 Å². The summed E-state index contributed by atoms with van der Waals surface area (Å²) in [6.07, 6.45) is 1.42. The molecule has 0 spiro atoms. The minimum Gasteiger partial charge on any atom is -0.314 e. The number of piperidine rings is 1. The van der Waals surface area contributed by atoms with Gasteiger partial charge in [0.1, 0.15) is 10.7 Å². The van der Waals surface area contributed by atoms with E-state index in [-0.39, 0.29) is 10.4 Å². The fourth-order valence-electron chi connectivity index (χ4n) is 2.29. The lowest BCUT2D eigenvalue weighted by Gasteiger charge is -2.38. The van der Waals surface area contributed by atoms with E-state index in [0.29, 0.717) is 30.4 Å². The third-order valence-corrected chi connectivity index (χ3v) is 6.37. The van der Waals surface area contributed by atoms with Crippen molar-refractivity contribution >= 4 is 26.0 Å². The molecule has 1 aromatic carbocycles. The average Bonchev–Trinajstić information content (AvgIpc) is 2.39. The SMILES string of the molecule is CNC1(C)CCN(S(=O)(=O)c2ccc(Br)cc2F)CC1. The monoisotopic (exact) mass is 364 g/mol. The van der Waals surface area contributed by atoms with Crippen molar-refractivity contribution in [2.45, 2.75) is 30.2 Å². The topological polar surface area (TPSA) is 49.4 Å². The second kappa shape index (κ2) is 5.71. The van der Waals surface area contributed by atoms with Crippen molar-refractivity contribution in [3.05, 3.63) is 28.5 Å². The summed E-state index contributed by atoms with van der Waals surface area (Å²) in [6, 6.07) is 4.02. The van der Waals surface area contributed by atoms with Crippen LogP contribution in [0.3, 0.4) is 0 Å². The lowest BCUT2D eigenvalue weighted by molar-refractivity contribution is 0.219. The van der Waals surface area contributed by atoms with Crippen molar-refractivity contribution in [1.82, 2.24) is 9.62 Å². The highest BCUT2D eigenvalue weighted by Crippen LogP contribution is 2.28. The third kappa shape index (κ3) is 3.05. The molecule has 0 saturated carbocycles. The molecule has 7 heteroatoms. The van der Waals surface area contributed by atoms with Crippen molar-refractivity contribution in [2.75, 3.05) is 20.1 Å². The van der Waals surface area contributed by atoms with Gasteiger partial charge in [-0.1, -0.05) is 15.9 Å². The molecule has 20 heavy (non-hydrogen) atoms. The van der Waals surface area contributed by atoms with Gasteiger partial charge in [-0.05, 0) is 45.0 Å². The molecule has 0 atom stereocenters. The van der Waals surface area contributed by atoms with Gasteiger partial charge in [0.15, 0.2) is 0 Å². The molecule has 112 valence electrons. The van der Waals surface area contributed by atoms with Gasteiger partial charge in [-0.3, -0.25) is 0 Å². The summed E-state index contributed by atoms with van der Waals surface area (Å²) in [5.41, 5.74) is -0.0513. The summed E-state index contributed by atoms with van der Waals surface area (Å²) < 4.78 is 40.7. The number of rotatable bonds is 3. The molecule has 2 rings (SSSR count). The third-order valence-electron chi connectivity index (χ3n) is 3.94. The maximum absolute atomic E-state index is 13.9. The van der Waals surface area contributed by atoms with E-state index in [9.17, 15) is 12.8 Å². The van der Waals surface area contributed by atoms with E-state index in [0.717, 1.165) is 0 Å². The number of hydrogen-bond donors (Lipinski definition) is 1. The smallest absolute Gasteiger partial charge is 0.245 e. The van der Waals surface area contributed by atoms with Crippen LogP contribution in [0.1, 0.15) is 19.8 Å². The van der Waals surface area contributed by atoms with Gasteiger partial charge in [-0.2, -0.15) is 4.31 Å². The molecular formula is C13H18BrFN2O2S. The van der Waals surface area contributed by atoms with Crippen LogP contribution in [-0.2, 0) is 10.0 Å². The lowest BCUT2D eigenvalue weighted by Crippen LogP contribution is -2.51. The van der Waals surface area contributed by atoms with E-state index in [1.54, 1.807) is 0 Å². The standard InChI is InChI=1S/C13H18BrFN2O2S/c1-13(16-2)5-7-17(8-6-13)20(18,19)12-4-3-10(14)9-11(12)15/h3-4,9,16H,5-8H2,1-2H3. The first-order valence-electron chi connectivity index (χ1n) is 6.43. The molecule has 1 saturated heterocycles. The van der Waals surface area contributed by atoms with Crippen LogP contribution in [0.5, 0.6) is 0 Å². The summed E-state index contributed by atoms with van der Waals surface area (Å²) in [5, 5.41) is 3.21. The van der Waals surface area contributed by atoms with Crippen LogP contribution in [0.25, 0.3) is 0 Å². The normalized spacial score (nSPS) is 20.0. The Balaban J connectivity index is 2.24. The highest BCUT2D eigenvalue weighted by Gasteiger charge is 2.35. The minimum absolute atomic E-state index is 0.0513. The van der Waals surface area contributed by atoms with Crippen molar-refractivity contribution in [3.8, 4) is 0 Å². The van der Waals surface area contributed by atoms with Gasteiger partial charge in [0.2, 0.25) is 10.0 Å². The summed E-state index contributed by atoms with van der Waals surface area (Å²) in [6.45, 7) is 2.86. The lowest BCUT2D eigenvalue weighted by atomic mass is 9.91. The zero-order valence-corrected chi connectivity index (χ0v) is 13.9. The summed E-state index contributed by atoms with van der Waals surface area (Å²) in [4.78, 5) is -0.256. The minimum atomic E-state index is -3.76. The molecule has 1 aromatic rings. The first kappa shape index (κ1) is 15.9.